The second kappa shape index (κ2) is 6.28. The number of nitrogens with one attached hydrogen (secondary N) is 2. The van der Waals surface area contributed by atoms with Crippen molar-refractivity contribution in [1.82, 2.24) is 10.0 Å². The smallest absolute Gasteiger partial charge is 0.244 e. The van der Waals surface area contributed by atoms with Crippen LogP contribution in [0.5, 0.6) is 0 Å². The van der Waals surface area contributed by atoms with Crippen LogP contribution in [-0.2, 0) is 16.6 Å². The SMILES string of the molecule is CNCc1c(C)oc(C)c1S(=O)(=O)NCCCC1CC1. The first kappa shape index (κ1) is 15.5. The lowest BCUT2D eigenvalue weighted by Gasteiger charge is -2.08. The lowest BCUT2D eigenvalue weighted by molar-refractivity contribution is 0.493. The van der Waals surface area contributed by atoms with Crippen molar-refractivity contribution in [3.8, 4) is 0 Å². The number of aryl methyl sites for hydroxylation is 2. The molecule has 1 aliphatic carbocycles. The molecule has 1 aromatic rings. The Morgan fingerprint density at radius 3 is 2.55 bits per heavy atom. The van der Waals surface area contributed by atoms with Gasteiger partial charge in [0.05, 0.1) is 0 Å². The molecule has 114 valence electrons. The molecule has 1 aliphatic rings. The van der Waals surface area contributed by atoms with Gasteiger partial charge in [-0.1, -0.05) is 12.8 Å². The molecular formula is C14H24N2O3S. The second-order valence-corrected chi connectivity index (χ2v) is 7.24. The predicted molar refractivity (Wildman–Crippen MR) is 78.1 cm³/mol. The van der Waals surface area contributed by atoms with Gasteiger partial charge in [0.2, 0.25) is 10.0 Å². The summed E-state index contributed by atoms with van der Waals surface area (Å²) >= 11 is 0. The monoisotopic (exact) mass is 300 g/mol. The van der Waals surface area contributed by atoms with Crippen LogP contribution in [0.3, 0.4) is 0 Å². The van der Waals surface area contributed by atoms with E-state index in [-0.39, 0.29) is 0 Å². The molecule has 6 heteroatoms. The van der Waals surface area contributed by atoms with Crippen molar-refractivity contribution in [2.24, 2.45) is 5.92 Å². The Kier molecular flexibility index (Phi) is 4.88. The lowest BCUT2D eigenvalue weighted by atomic mass is 10.2. The fourth-order valence-corrected chi connectivity index (χ4v) is 4.04. The molecule has 0 unspecified atom stereocenters. The molecule has 0 aliphatic heterocycles. The van der Waals surface area contributed by atoms with Gasteiger partial charge in [-0.25, -0.2) is 13.1 Å². The highest BCUT2D eigenvalue weighted by Crippen LogP contribution is 2.33. The van der Waals surface area contributed by atoms with E-state index in [0.29, 0.717) is 29.5 Å². The van der Waals surface area contributed by atoms with Gasteiger partial charge in [0.25, 0.3) is 0 Å². The van der Waals surface area contributed by atoms with Crippen molar-refractivity contribution in [2.75, 3.05) is 13.6 Å². The van der Waals surface area contributed by atoms with Gasteiger partial charge < -0.3 is 9.73 Å². The average molecular weight is 300 g/mol. The van der Waals surface area contributed by atoms with E-state index < -0.39 is 10.0 Å². The number of rotatable bonds is 8. The highest BCUT2D eigenvalue weighted by atomic mass is 32.2. The van der Waals surface area contributed by atoms with E-state index in [9.17, 15) is 8.42 Å². The van der Waals surface area contributed by atoms with Gasteiger partial charge in [0.1, 0.15) is 16.4 Å². The van der Waals surface area contributed by atoms with E-state index >= 15 is 0 Å². The Balaban J connectivity index is 2.06. The highest BCUT2D eigenvalue weighted by molar-refractivity contribution is 7.89. The molecule has 0 bridgehead atoms. The molecule has 1 heterocycles. The number of sulfonamides is 1. The van der Waals surface area contributed by atoms with Gasteiger partial charge in [0, 0.05) is 18.7 Å². The second-order valence-electron chi connectivity index (χ2n) is 5.54. The molecule has 0 atom stereocenters. The Labute approximate surface area is 121 Å². The summed E-state index contributed by atoms with van der Waals surface area (Å²) in [5.41, 5.74) is 0.722. The third-order valence-electron chi connectivity index (χ3n) is 3.73. The van der Waals surface area contributed by atoms with Gasteiger partial charge in [-0.3, -0.25) is 0 Å². The minimum Gasteiger partial charge on any atom is -0.465 e. The van der Waals surface area contributed by atoms with Crippen molar-refractivity contribution in [1.29, 1.82) is 0 Å². The highest BCUT2D eigenvalue weighted by Gasteiger charge is 2.26. The van der Waals surface area contributed by atoms with Gasteiger partial charge in [-0.2, -0.15) is 0 Å². The quantitative estimate of drug-likeness (QED) is 0.721. The molecule has 1 aromatic heterocycles. The molecule has 0 saturated heterocycles. The Hall–Kier alpha value is -0.850. The third kappa shape index (κ3) is 3.62. The van der Waals surface area contributed by atoms with Gasteiger partial charge >= 0.3 is 0 Å². The molecular weight excluding hydrogens is 276 g/mol. The average Bonchev–Trinajstić information content (AvgIpc) is 3.13. The van der Waals surface area contributed by atoms with Crippen LogP contribution in [0.1, 0.15) is 42.8 Å². The van der Waals surface area contributed by atoms with Crippen molar-refractivity contribution >= 4 is 10.0 Å². The van der Waals surface area contributed by atoms with Crippen LogP contribution in [0.2, 0.25) is 0 Å². The van der Waals surface area contributed by atoms with E-state index in [4.69, 9.17) is 4.42 Å². The van der Waals surface area contributed by atoms with Crippen molar-refractivity contribution in [3.05, 3.63) is 17.1 Å². The van der Waals surface area contributed by atoms with Gasteiger partial charge in [-0.05, 0) is 39.7 Å². The zero-order chi connectivity index (χ0) is 14.8. The van der Waals surface area contributed by atoms with Crippen molar-refractivity contribution in [3.63, 3.8) is 0 Å². The van der Waals surface area contributed by atoms with Crippen LogP contribution in [-0.4, -0.2) is 22.0 Å². The fraction of sp³-hybridized carbons (Fsp3) is 0.714. The molecule has 0 radical (unpaired) electrons. The summed E-state index contributed by atoms with van der Waals surface area (Å²) in [6.45, 7) is 4.49. The van der Waals surface area contributed by atoms with Crippen LogP contribution in [0, 0.1) is 19.8 Å². The molecule has 5 nitrogen and oxygen atoms in total. The summed E-state index contributed by atoms with van der Waals surface area (Å²) in [5.74, 6) is 1.95. The first-order valence-corrected chi connectivity index (χ1v) is 8.67. The summed E-state index contributed by atoms with van der Waals surface area (Å²) < 4.78 is 33.0. The minimum absolute atomic E-state index is 0.302. The summed E-state index contributed by atoms with van der Waals surface area (Å²) in [6.07, 6.45) is 4.63. The summed E-state index contributed by atoms with van der Waals surface area (Å²) in [6, 6.07) is 0. The van der Waals surface area contributed by atoms with Crippen molar-refractivity contribution < 1.29 is 12.8 Å². The molecule has 20 heavy (non-hydrogen) atoms. The molecule has 2 rings (SSSR count). The van der Waals surface area contributed by atoms with E-state index in [1.165, 1.54) is 12.8 Å². The van der Waals surface area contributed by atoms with Crippen molar-refractivity contribution in [2.45, 2.75) is 51.0 Å². The van der Waals surface area contributed by atoms with Crippen LogP contribution in [0.15, 0.2) is 9.31 Å². The molecule has 0 aromatic carbocycles. The molecule has 0 amide bonds. The predicted octanol–water partition coefficient (Wildman–Crippen LogP) is 2.08. The number of hydrogen-bond acceptors (Lipinski definition) is 4. The third-order valence-corrected chi connectivity index (χ3v) is 5.38. The Bertz CT molecular complexity index is 559. The Morgan fingerprint density at radius 1 is 1.25 bits per heavy atom. The van der Waals surface area contributed by atoms with E-state index in [1.807, 2.05) is 0 Å². The minimum atomic E-state index is -3.48. The zero-order valence-electron chi connectivity index (χ0n) is 12.5. The van der Waals surface area contributed by atoms with Gasteiger partial charge in [-0.15, -0.1) is 0 Å². The van der Waals surface area contributed by atoms with E-state index in [1.54, 1.807) is 20.9 Å². The standard InChI is InChI=1S/C14H24N2O3S/c1-10-13(9-15-3)14(11(2)19-10)20(17,18)16-8-4-5-12-6-7-12/h12,15-16H,4-9H2,1-3H3. The summed E-state index contributed by atoms with van der Waals surface area (Å²) in [4.78, 5) is 0.302. The normalized spacial score (nSPS) is 15.8. The van der Waals surface area contributed by atoms with Crippen LogP contribution in [0.25, 0.3) is 0 Å². The number of furan rings is 1. The number of hydrogen-bond donors (Lipinski definition) is 2. The molecule has 1 fully saturated rings. The largest absolute Gasteiger partial charge is 0.465 e. The molecule has 1 saturated carbocycles. The maximum atomic E-state index is 12.4. The van der Waals surface area contributed by atoms with Crippen LogP contribution < -0.4 is 10.0 Å². The van der Waals surface area contributed by atoms with Crippen LogP contribution >= 0.6 is 0 Å². The fourth-order valence-electron chi connectivity index (χ4n) is 2.52. The zero-order valence-corrected chi connectivity index (χ0v) is 13.3. The molecule has 2 N–H and O–H groups in total. The van der Waals surface area contributed by atoms with Gasteiger partial charge in [0.15, 0.2) is 0 Å². The maximum Gasteiger partial charge on any atom is 0.244 e. The van der Waals surface area contributed by atoms with E-state index in [2.05, 4.69) is 10.0 Å². The molecule has 0 spiro atoms. The summed E-state index contributed by atoms with van der Waals surface area (Å²) in [7, 11) is -1.69. The van der Waals surface area contributed by atoms with Crippen LogP contribution in [0.4, 0.5) is 0 Å². The topological polar surface area (TPSA) is 71.3 Å². The van der Waals surface area contributed by atoms with E-state index in [0.717, 1.165) is 24.3 Å². The lowest BCUT2D eigenvalue weighted by Crippen LogP contribution is -2.26. The maximum absolute atomic E-state index is 12.4. The summed E-state index contributed by atoms with van der Waals surface area (Å²) in [5, 5.41) is 2.99. The first-order valence-electron chi connectivity index (χ1n) is 7.19. The Morgan fingerprint density at radius 2 is 1.95 bits per heavy atom. The first-order chi connectivity index (χ1) is 9.45.